The number of amides is 2. The topological polar surface area (TPSA) is 95.1 Å². The summed E-state index contributed by atoms with van der Waals surface area (Å²) in [6, 6.07) is 27.0. The molecule has 0 aromatic heterocycles. The van der Waals surface area contributed by atoms with Crippen molar-refractivity contribution in [3.63, 3.8) is 0 Å². The van der Waals surface area contributed by atoms with Gasteiger partial charge in [-0.15, -0.1) is 0 Å². The molecule has 0 saturated heterocycles. The Hall–Kier alpha value is -4.57. The van der Waals surface area contributed by atoms with E-state index in [4.69, 9.17) is 18.5 Å². The van der Waals surface area contributed by atoms with Crippen molar-refractivity contribution < 1.29 is 41.1 Å². The zero-order valence-corrected chi connectivity index (χ0v) is 25.4. The Labute approximate surface area is 263 Å². The van der Waals surface area contributed by atoms with E-state index in [9.17, 15) is 22.5 Å². The van der Waals surface area contributed by atoms with Crippen LogP contribution in [0.5, 0.6) is 11.5 Å². The van der Waals surface area contributed by atoms with Crippen molar-refractivity contribution in [2.45, 2.75) is 31.3 Å². The first-order chi connectivity index (χ1) is 22.1. The van der Waals surface area contributed by atoms with Crippen molar-refractivity contribution in [2.24, 2.45) is 0 Å². The molecule has 12 heteroatoms. The van der Waals surface area contributed by atoms with Gasteiger partial charge in [0.1, 0.15) is 0 Å². The summed E-state index contributed by atoms with van der Waals surface area (Å²) in [4.78, 5) is 12.4. The van der Waals surface area contributed by atoms with E-state index >= 15 is 0 Å². The SMILES string of the molecule is O=C1Nc2cc3c(cc2[C@@](/C=C/c2cccc(CCP(=O)(OCc4ccccc4)OCc4ccccc4)c2)(C(F)(F)F)N1)OCO3. The maximum atomic E-state index is 14.8. The molecule has 238 valence electrons. The van der Waals surface area contributed by atoms with Gasteiger partial charge in [0.15, 0.2) is 17.0 Å². The third-order valence-corrected chi connectivity index (χ3v) is 9.45. The molecule has 0 fully saturated rings. The first-order valence-electron chi connectivity index (χ1n) is 14.5. The van der Waals surface area contributed by atoms with Crippen LogP contribution in [0.4, 0.5) is 23.7 Å². The molecule has 0 bridgehead atoms. The summed E-state index contributed by atoms with van der Waals surface area (Å²) in [5.74, 6) is 0.389. The third-order valence-electron chi connectivity index (χ3n) is 7.64. The van der Waals surface area contributed by atoms with Gasteiger partial charge in [0.2, 0.25) is 6.79 Å². The highest BCUT2D eigenvalue weighted by Crippen LogP contribution is 2.51. The number of hydrogen-bond acceptors (Lipinski definition) is 6. The highest BCUT2D eigenvalue weighted by molar-refractivity contribution is 7.53. The highest BCUT2D eigenvalue weighted by Gasteiger charge is 2.58. The van der Waals surface area contributed by atoms with Crippen LogP contribution in [0.1, 0.15) is 27.8 Å². The molecular formula is C34H30F3N2O6P. The minimum atomic E-state index is -4.90. The van der Waals surface area contributed by atoms with Crippen molar-refractivity contribution in [3.05, 3.63) is 131 Å². The van der Waals surface area contributed by atoms with Gasteiger partial charge < -0.3 is 29.2 Å². The van der Waals surface area contributed by atoms with Crippen LogP contribution in [0, 0.1) is 0 Å². The maximum Gasteiger partial charge on any atom is 0.419 e. The number of nitrogens with one attached hydrogen (secondary N) is 2. The second kappa shape index (κ2) is 13.0. The molecule has 8 nitrogen and oxygen atoms in total. The second-order valence-corrected chi connectivity index (χ2v) is 13.0. The lowest BCUT2D eigenvalue weighted by atomic mass is 9.85. The van der Waals surface area contributed by atoms with E-state index in [-0.39, 0.29) is 55.3 Å². The summed E-state index contributed by atoms with van der Waals surface area (Å²) >= 11 is 0. The number of anilines is 1. The van der Waals surface area contributed by atoms with E-state index in [1.807, 2.05) is 60.7 Å². The van der Waals surface area contributed by atoms with Crippen molar-refractivity contribution in [2.75, 3.05) is 18.3 Å². The maximum absolute atomic E-state index is 14.8. The zero-order chi connectivity index (χ0) is 32.2. The number of urea groups is 1. The predicted octanol–water partition coefficient (Wildman–Crippen LogP) is 8.19. The van der Waals surface area contributed by atoms with E-state index in [1.54, 1.807) is 24.3 Å². The zero-order valence-electron chi connectivity index (χ0n) is 24.5. The van der Waals surface area contributed by atoms with Crippen molar-refractivity contribution >= 4 is 25.4 Å². The predicted molar refractivity (Wildman–Crippen MR) is 167 cm³/mol. The van der Waals surface area contributed by atoms with Crippen LogP contribution in [-0.4, -0.2) is 25.2 Å². The summed E-state index contributed by atoms with van der Waals surface area (Å²) in [6.07, 6.45) is -2.36. The van der Waals surface area contributed by atoms with Gasteiger partial charge >= 0.3 is 19.8 Å². The van der Waals surface area contributed by atoms with Gasteiger partial charge in [-0.1, -0.05) is 91.0 Å². The van der Waals surface area contributed by atoms with Crippen LogP contribution in [0.25, 0.3) is 6.08 Å². The van der Waals surface area contributed by atoms with Gasteiger partial charge in [-0.3, -0.25) is 4.57 Å². The number of aryl methyl sites for hydroxylation is 1. The molecule has 2 amide bonds. The number of carbonyl (C=O) groups is 1. The molecule has 2 aliphatic heterocycles. The van der Waals surface area contributed by atoms with Gasteiger partial charge in [0.05, 0.1) is 25.1 Å². The van der Waals surface area contributed by atoms with E-state index in [1.165, 1.54) is 18.2 Å². The molecule has 4 aromatic carbocycles. The van der Waals surface area contributed by atoms with Crippen LogP contribution in [0.2, 0.25) is 0 Å². The average Bonchev–Trinajstić information content (AvgIpc) is 3.52. The number of ether oxygens (including phenoxy) is 2. The lowest BCUT2D eigenvalue weighted by Crippen LogP contribution is -2.58. The van der Waals surface area contributed by atoms with Crippen LogP contribution in [-0.2, 0) is 38.8 Å². The molecule has 0 aliphatic carbocycles. The fourth-order valence-corrected chi connectivity index (χ4v) is 6.78. The molecule has 2 aliphatic rings. The second-order valence-electron chi connectivity index (χ2n) is 10.8. The normalized spacial score (nSPS) is 17.4. The Morgan fingerprint density at radius 1 is 0.826 bits per heavy atom. The number of carbonyl (C=O) groups excluding carboxylic acids is 1. The quantitative estimate of drug-likeness (QED) is 0.159. The smallest absolute Gasteiger partial charge is 0.419 e. The molecule has 0 radical (unpaired) electrons. The number of fused-ring (bicyclic) bond motifs is 2. The lowest BCUT2D eigenvalue weighted by molar-refractivity contribution is -0.181. The molecule has 1 atom stereocenters. The fourth-order valence-electron chi connectivity index (χ4n) is 5.22. The molecule has 46 heavy (non-hydrogen) atoms. The fraction of sp³-hybridized carbons (Fsp3) is 0.206. The summed E-state index contributed by atoms with van der Waals surface area (Å²) in [5.41, 5.74) is -0.267. The van der Waals surface area contributed by atoms with E-state index in [0.717, 1.165) is 17.2 Å². The standard InChI is InChI=1S/C34H30F3N2O6P/c35-34(36,37)33(28-19-30-31(43-23-42-30)20-29(28)38-32(40)39-33)16-14-24-12-7-13-25(18-24)15-17-46(41,44-21-26-8-3-1-4-9-26)45-22-27-10-5-2-6-11-27/h1-14,16,18-20H,15,17,21-23H2,(H2,38,39,40)/b16-14+/t33-/m0/s1. The molecular weight excluding hydrogens is 620 g/mol. The van der Waals surface area contributed by atoms with Gasteiger partial charge in [-0.05, 0) is 40.8 Å². The van der Waals surface area contributed by atoms with Crippen molar-refractivity contribution in [1.82, 2.24) is 5.32 Å². The van der Waals surface area contributed by atoms with Gasteiger partial charge in [-0.25, -0.2) is 4.79 Å². The number of alkyl halides is 3. The van der Waals surface area contributed by atoms with Crippen molar-refractivity contribution in [1.29, 1.82) is 0 Å². The van der Waals surface area contributed by atoms with Crippen LogP contribution in [0.15, 0.2) is 103 Å². The molecule has 0 saturated carbocycles. The number of benzene rings is 4. The summed E-state index contributed by atoms with van der Waals surface area (Å²) < 4.78 is 80.6. The Morgan fingerprint density at radius 3 is 2.07 bits per heavy atom. The molecule has 0 unspecified atom stereocenters. The Balaban J connectivity index is 1.23. The Bertz CT molecular complexity index is 1740. The molecule has 4 aromatic rings. The van der Waals surface area contributed by atoms with Gasteiger partial charge in [-0.2, -0.15) is 13.2 Å². The van der Waals surface area contributed by atoms with E-state index in [2.05, 4.69) is 10.6 Å². The minimum Gasteiger partial charge on any atom is -0.454 e. The van der Waals surface area contributed by atoms with E-state index < -0.39 is 25.3 Å². The van der Waals surface area contributed by atoms with Gasteiger partial charge in [0.25, 0.3) is 0 Å². The van der Waals surface area contributed by atoms with Crippen LogP contribution in [0.3, 0.4) is 0 Å². The summed E-state index contributed by atoms with van der Waals surface area (Å²) in [7, 11) is -3.59. The number of hydrogen-bond donors (Lipinski definition) is 2. The van der Waals surface area contributed by atoms with Crippen molar-refractivity contribution in [3.8, 4) is 11.5 Å². The number of halogens is 3. The first-order valence-corrected chi connectivity index (χ1v) is 16.2. The lowest BCUT2D eigenvalue weighted by Gasteiger charge is -2.39. The van der Waals surface area contributed by atoms with E-state index in [0.29, 0.717) is 11.1 Å². The molecule has 6 rings (SSSR count). The Morgan fingerprint density at radius 2 is 1.43 bits per heavy atom. The first kappa shape index (κ1) is 31.4. The summed E-state index contributed by atoms with van der Waals surface area (Å²) in [6.45, 7) is 0.0536. The Kier molecular flexibility index (Phi) is 8.90. The molecule has 2 heterocycles. The average molecular weight is 651 g/mol. The third kappa shape index (κ3) is 6.97. The number of rotatable bonds is 11. The molecule has 2 N–H and O–H groups in total. The van der Waals surface area contributed by atoms with Gasteiger partial charge in [0, 0.05) is 11.6 Å². The minimum absolute atomic E-state index is 0.0366. The van der Waals surface area contributed by atoms with Crippen LogP contribution >= 0.6 is 7.60 Å². The summed E-state index contributed by atoms with van der Waals surface area (Å²) in [5, 5.41) is 4.50. The van der Waals surface area contributed by atoms with Crippen LogP contribution < -0.4 is 20.1 Å². The highest BCUT2D eigenvalue weighted by atomic mass is 31.2. The largest absolute Gasteiger partial charge is 0.454 e. The molecule has 0 spiro atoms. The monoisotopic (exact) mass is 650 g/mol.